The van der Waals surface area contributed by atoms with Crippen LogP contribution in [0.3, 0.4) is 0 Å². The van der Waals surface area contributed by atoms with Gasteiger partial charge in [-0.15, -0.1) is 0 Å². The predicted molar refractivity (Wildman–Crippen MR) is 165 cm³/mol. The van der Waals surface area contributed by atoms with E-state index in [0.717, 1.165) is 18.4 Å². The smallest absolute Gasteiger partial charge is 0.0975 e. The molecule has 0 radical (unpaired) electrons. The van der Waals surface area contributed by atoms with Gasteiger partial charge < -0.3 is 5.11 Å². The molecule has 0 fully saturated rings. The number of benzene rings is 6. The topological polar surface area (TPSA) is 20.2 Å². The molecule has 0 saturated heterocycles. The Morgan fingerprint density at radius 1 is 0.415 bits per heavy atom. The van der Waals surface area contributed by atoms with E-state index in [9.17, 15) is 5.11 Å². The molecule has 0 saturated carbocycles. The fourth-order valence-electron chi connectivity index (χ4n) is 8.63. The van der Waals surface area contributed by atoms with E-state index in [1.54, 1.807) is 0 Å². The van der Waals surface area contributed by atoms with Crippen LogP contribution in [0, 0.1) is 0 Å². The van der Waals surface area contributed by atoms with E-state index in [0.29, 0.717) is 0 Å². The molecular weight excluding hydrogens is 496 g/mol. The van der Waals surface area contributed by atoms with Crippen molar-refractivity contribution in [2.75, 3.05) is 0 Å². The zero-order valence-corrected chi connectivity index (χ0v) is 22.5. The van der Waals surface area contributed by atoms with Crippen molar-refractivity contribution in [2.24, 2.45) is 0 Å². The summed E-state index contributed by atoms with van der Waals surface area (Å²) in [5.74, 6) is 0. The Bertz CT molecular complexity index is 2130. The van der Waals surface area contributed by atoms with Crippen molar-refractivity contribution < 1.29 is 5.11 Å². The lowest BCUT2D eigenvalue weighted by atomic mass is 9.60. The van der Waals surface area contributed by atoms with E-state index in [4.69, 9.17) is 0 Å². The third-order valence-corrected chi connectivity index (χ3v) is 10.3. The van der Waals surface area contributed by atoms with Gasteiger partial charge in [0.1, 0.15) is 0 Å². The summed E-state index contributed by atoms with van der Waals surface area (Å²) in [6, 6.07) is 44.6. The number of hydrogen-bond donors (Lipinski definition) is 1. The molecule has 41 heavy (non-hydrogen) atoms. The fraction of sp³-hybridized carbons (Fsp3) is 0.100. The zero-order valence-electron chi connectivity index (χ0n) is 22.5. The molecule has 0 amide bonds. The highest BCUT2D eigenvalue weighted by atomic mass is 16.3. The number of hydrogen-bond acceptors (Lipinski definition) is 1. The first-order valence-electron chi connectivity index (χ1n) is 14.6. The normalized spacial score (nSPS) is 19.5. The summed E-state index contributed by atoms with van der Waals surface area (Å²) in [5, 5.41) is 12.9. The first kappa shape index (κ1) is 22.0. The van der Waals surface area contributed by atoms with Gasteiger partial charge in [0.15, 0.2) is 0 Å². The Kier molecular flexibility index (Phi) is 4.04. The van der Waals surface area contributed by atoms with E-state index >= 15 is 0 Å². The summed E-state index contributed by atoms with van der Waals surface area (Å²) in [6.45, 7) is 0. The average Bonchev–Trinajstić information content (AvgIpc) is 3.66. The minimum absolute atomic E-state index is 0.686. The second kappa shape index (κ2) is 7.51. The lowest BCUT2D eigenvalue weighted by molar-refractivity contribution is 0.123. The van der Waals surface area contributed by atoms with Crippen molar-refractivity contribution >= 4 is 0 Å². The lowest BCUT2D eigenvalue weighted by Gasteiger charge is -2.43. The number of fused-ring (bicyclic) bond motifs is 15. The second-order valence-corrected chi connectivity index (χ2v) is 12.1. The van der Waals surface area contributed by atoms with Crippen LogP contribution >= 0.6 is 0 Å². The molecule has 2 unspecified atom stereocenters. The molecule has 6 aromatic carbocycles. The average molecular weight is 523 g/mol. The fourth-order valence-corrected chi connectivity index (χ4v) is 8.63. The van der Waals surface area contributed by atoms with Crippen molar-refractivity contribution in [1.82, 2.24) is 0 Å². The lowest BCUT2D eigenvalue weighted by Crippen LogP contribution is -2.38. The summed E-state index contributed by atoms with van der Waals surface area (Å²) in [5.41, 5.74) is 19.6. The minimum atomic E-state index is -0.720. The molecule has 0 aliphatic heterocycles. The third-order valence-electron chi connectivity index (χ3n) is 10.3. The Labute approximate surface area is 239 Å². The van der Waals surface area contributed by atoms with Gasteiger partial charge in [-0.3, -0.25) is 0 Å². The highest BCUT2D eigenvalue weighted by Crippen LogP contribution is 2.64. The first-order chi connectivity index (χ1) is 20.2. The van der Waals surface area contributed by atoms with Gasteiger partial charge >= 0.3 is 0 Å². The molecule has 0 aromatic heterocycles. The molecule has 1 nitrogen and oxygen atoms in total. The van der Waals surface area contributed by atoms with Crippen LogP contribution in [0.25, 0.3) is 44.5 Å². The Balaban J connectivity index is 1.31. The zero-order chi connectivity index (χ0) is 26.9. The van der Waals surface area contributed by atoms with E-state index in [2.05, 4.69) is 121 Å². The molecule has 0 heterocycles. The van der Waals surface area contributed by atoms with Gasteiger partial charge in [0.2, 0.25) is 0 Å². The molecule has 2 atom stereocenters. The van der Waals surface area contributed by atoms with Crippen LogP contribution in [0.15, 0.2) is 121 Å². The molecule has 10 rings (SSSR count). The van der Waals surface area contributed by atoms with Crippen LogP contribution in [0.1, 0.15) is 50.6 Å². The summed E-state index contributed by atoms with van der Waals surface area (Å²) in [6.07, 6.45) is 1.18. The van der Waals surface area contributed by atoms with Crippen molar-refractivity contribution in [2.45, 2.75) is 24.4 Å². The number of aliphatic hydroxyl groups excluding tert-OH is 1. The maximum Gasteiger partial charge on any atom is 0.0975 e. The van der Waals surface area contributed by atoms with Crippen molar-refractivity contribution in [3.8, 4) is 44.5 Å². The Hall–Kier alpha value is -4.72. The minimum Gasteiger partial charge on any atom is -0.387 e. The highest BCUT2D eigenvalue weighted by Gasteiger charge is 2.54. The van der Waals surface area contributed by atoms with Gasteiger partial charge in [-0.25, -0.2) is 0 Å². The van der Waals surface area contributed by atoms with Crippen molar-refractivity contribution in [3.63, 3.8) is 0 Å². The molecule has 6 aromatic rings. The van der Waals surface area contributed by atoms with Crippen LogP contribution in [0.4, 0.5) is 0 Å². The molecule has 1 heteroatoms. The summed E-state index contributed by atoms with van der Waals surface area (Å²) in [4.78, 5) is 0. The standard InChI is InChI=1S/C40H26O/c41-39-35-21-31-25(17-23-9-1-3-11-27(23)31)19-33(35)29-13-5-7-15-36(29)40(39)37-16-8-6-14-30(37)34-20-26-18-24-10-2-4-12-28(24)32(26)22-38(34)40/h1-16,19-22,39,41H,17-18H2. The van der Waals surface area contributed by atoms with E-state index in [-0.39, 0.29) is 0 Å². The van der Waals surface area contributed by atoms with Crippen LogP contribution in [-0.4, -0.2) is 5.11 Å². The molecule has 0 bridgehead atoms. The van der Waals surface area contributed by atoms with E-state index in [1.165, 1.54) is 83.5 Å². The van der Waals surface area contributed by atoms with Gasteiger partial charge in [-0.2, -0.15) is 0 Å². The monoisotopic (exact) mass is 522 g/mol. The van der Waals surface area contributed by atoms with E-state index in [1.807, 2.05) is 0 Å². The summed E-state index contributed by atoms with van der Waals surface area (Å²) < 4.78 is 0. The van der Waals surface area contributed by atoms with Gasteiger partial charge in [-0.05, 0) is 126 Å². The van der Waals surface area contributed by atoms with Gasteiger partial charge in [-0.1, -0.05) is 97.1 Å². The van der Waals surface area contributed by atoms with Crippen molar-refractivity contribution in [3.05, 3.63) is 166 Å². The third kappa shape index (κ3) is 2.57. The highest BCUT2D eigenvalue weighted by molar-refractivity contribution is 5.94. The number of aliphatic hydroxyl groups is 1. The van der Waals surface area contributed by atoms with Crippen LogP contribution in [0.2, 0.25) is 0 Å². The van der Waals surface area contributed by atoms with Gasteiger partial charge in [0.25, 0.3) is 0 Å². The second-order valence-electron chi connectivity index (χ2n) is 12.1. The van der Waals surface area contributed by atoms with Gasteiger partial charge in [0.05, 0.1) is 11.5 Å². The van der Waals surface area contributed by atoms with Crippen LogP contribution in [-0.2, 0) is 18.3 Å². The Morgan fingerprint density at radius 2 is 0.902 bits per heavy atom. The predicted octanol–water partition coefficient (Wildman–Crippen LogP) is 8.86. The molecule has 4 aliphatic carbocycles. The maximum absolute atomic E-state index is 12.9. The Morgan fingerprint density at radius 3 is 1.54 bits per heavy atom. The van der Waals surface area contributed by atoms with Crippen LogP contribution < -0.4 is 0 Å². The maximum atomic E-state index is 12.9. The van der Waals surface area contributed by atoms with Crippen molar-refractivity contribution in [1.29, 1.82) is 0 Å². The molecule has 4 aliphatic rings. The summed E-state index contributed by atoms with van der Waals surface area (Å²) in [7, 11) is 0. The van der Waals surface area contributed by atoms with Gasteiger partial charge in [0, 0.05) is 0 Å². The molecule has 1 spiro atoms. The number of rotatable bonds is 0. The van der Waals surface area contributed by atoms with Crippen LogP contribution in [0.5, 0.6) is 0 Å². The molecule has 1 N–H and O–H groups in total. The van der Waals surface area contributed by atoms with E-state index < -0.39 is 11.5 Å². The summed E-state index contributed by atoms with van der Waals surface area (Å²) >= 11 is 0. The quantitative estimate of drug-likeness (QED) is 0.211. The SMILES string of the molecule is OC1c2cc3c(cc2-c2ccccc2C12c1ccccc1-c1cc4c(cc12)-c1ccccc1C4)Cc1ccccc1-3. The largest absolute Gasteiger partial charge is 0.387 e. The molecule has 192 valence electrons. The first-order valence-corrected chi connectivity index (χ1v) is 14.6. The molecular formula is C40H26O.